The van der Waals surface area contributed by atoms with Gasteiger partial charge in [0.1, 0.15) is 6.10 Å². The predicted octanol–water partition coefficient (Wildman–Crippen LogP) is 0.525. The lowest BCUT2D eigenvalue weighted by molar-refractivity contribution is -0.435. The molecule has 0 aromatic carbocycles. The van der Waals surface area contributed by atoms with E-state index in [1.807, 2.05) is 0 Å². The van der Waals surface area contributed by atoms with Crippen molar-refractivity contribution in [3.05, 3.63) is 0 Å². The van der Waals surface area contributed by atoms with Crippen molar-refractivity contribution in [1.82, 2.24) is 4.47 Å². The molecule has 0 aliphatic rings. The van der Waals surface area contributed by atoms with E-state index in [-0.39, 0.29) is 0 Å². The van der Waals surface area contributed by atoms with E-state index in [2.05, 4.69) is 4.84 Å². The summed E-state index contributed by atoms with van der Waals surface area (Å²) in [5.74, 6) is -14.6. The lowest BCUT2D eigenvalue weighted by Crippen LogP contribution is -2.66. The Labute approximate surface area is 123 Å². The fourth-order valence-electron chi connectivity index (χ4n) is 0.927. The van der Waals surface area contributed by atoms with Gasteiger partial charge < -0.3 is 10.2 Å². The molecule has 2 N–H and O–H groups in total. The van der Waals surface area contributed by atoms with Crippen molar-refractivity contribution in [1.29, 1.82) is 0 Å². The second-order valence-corrected chi connectivity index (χ2v) is 4.67. The van der Waals surface area contributed by atoms with E-state index in [9.17, 15) is 47.9 Å². The van der Waals surface area contributed by atoms with Gasteiger partial charge in [0.15, 0.2) is 0 Å². The maximum atomic E-state index is 13.2. The molecular formula is C7H8F9NO5S. The SMILES string of the molecule is O=[SH](=O)N(OCC(O)CO)C(F)(F)C(F)(F)C(F)(F)C(F)(F)F. The van der Waals surface area contributed by atoms with Crippen LogP contribution in [0.15, 0.2) is 0 Å². The minimum Gasteiger partial charge on any atom is -0.394 e. The summed E-state index contributed by atoms with van der Waals surface area (Å²) < 4.78 is 132. The Bertz CT molecular complexity index is 471. The fourth-order valence-corrected chi connectivity index (χ4v) is 1.42. The van der Waals surface area contributed by atoms with E-state index in [4.69, 9.17) is 10.2 Å². The molecule has 6 nitrogen and oxygen atoms in total. The highest BCUT2D eigenvalue weighted by Crippen LogP contribution is 2.54. The van der Waals surface area contributed by atoms with Crippen molar-refractivity contribution in [3.63, 3.8) is 0 Å². The largest absolute Gasteiger partial charge is 0.460 e. The second-order valence-electron chi connectivity index (χ2n) is 3.83. The van der Waals surface area contributed by atoms with Crippen LogP contribution >= 0.6 is 0 Å². The van der Waals surface area contributed by atoms with Gasteiger partial charge in [-0.25, -0.2) is 8.42 Å². The van der Waals surface area contributed by atoms with Crippen LogP contribution in [0.4, 0.5) is 39.5 Å². The first-order valence-corrected chi connectivity index (χ1v) is 6.23. The molecule has 0 aromatic rings. The first-order chi connectivity index (χ1) is 10.0. The highest BCUT2D eigenvalue weighted by molar-refractivity contribution is 7.69. The van der Waals surface area contributed by atoms with Gasteiger partial charge in [0.2, 0.25) is 10.9 Å². The van der Waals surface area contributed by atoms with Gasteiger partial charge in [-0.15, -0.1) is 0 Å². The molecule has 0 aliphatic heterocycles. The number of aliphatic hydroxyl groups is 2. The molecular weight excluding hydrogens is 381 g/mol. The van der Waals surface area contributed by atoms with E-state index in [1.54, 1.807) is 0 Å². The highest BCUT2D eigenvalue weighted by Gasteiger charge is 2.84. The van der Waals surface area contributed by atoms with Crippen LogP contribution in [-0.4, -0.2) is 66.5 Å². The Morgan fingerprint density at radius 3 is 1.70 bits per heavy atom. The molecule has 1 atom stereocenters. The molecule has 1 unspecified atom stereocenters. The molecule has 0 aromatic heterocycles. The van der Waals surface area contributed by atoms with Crippen LogP contribution in [0.5, 0.6) is 0 Å². The van der Waals surface area contributed by atoms with Gasteiger partial charge in [0.25, 0.3) is 0 Å². The Morgan fingerprint density at radius 2 is 1.39 bits per heavy atom. The van der Waals surface area contributed by atoms with Crippen molar-refractivity contribution in [3.8, 4) is 0 Å². The summed E-state index contributed by atoms with van der Waals surface area (Å²) in [6.07, 6.45) is -9.25. The quantitative estimate of drug-likeness (QED) is 0.244. The van der Waals surface area contributed by atoms with Crippen LogP contribution in [-0.2, 0) is 15.7 Å². The van der Waals surface area contributed by atoms with E-state index >= 15 is 0 Å². The summed E-state index contributed by atoms with van der Waals surface area (Å²) >= 11 is 0. The van der Waals surface area contributed by atoms with Gasteiger partial charge in [-0.05, 0) is 4.47 Å². The molecule has 0 fully saturated rings. The third-order valence-corrected chi connectivity index (χ3v) is 2.78. The van der Waals surface area contributed by atoms with Crippen molar-refractivity contribution >= 4 is 10.9 Å². The minimum absolute atomic E-state index is 1.25. The summed E-state index contributed by atoms with van der Waals surface area (Å²) in [4.78, 5) is 3.41. The molecule has 0 spiro atoms. The number of nitrogens with zero attached hydrogens (tertiary/aromatic N) is 1. The van der Waals surface area contributed by atoms with E-state index in [0.29, 0.717) is 0 Å². The normalized spacial score (nSPS) is 16.2. The minimum atomic E-state index is -7.31. The molecule has 16 heteroatoms. The Balaban J connectivity index is 5.77. The zero-order valence-electron chi connectivity index (χ0n) is 10.4. The summed E-state index contributed by atoms with van der Waals surface area (Å²) in [6, 6.07) is -6.67. The molecule has 23 heavy (non-hydrogen) atoms. The molecule has 0 rings (SSSR count). The van der Waals surface area contributed by atoms with Crippen molar-refractivity contribution in [2.24, 2.45) is 0 Å². The van der Waals surface area contributed by atoms with Gasteiger partial charge in [-0.1, -0.05) is 0 Å². The summed E-state index contributed by atoms with van der Waals surface area (Å²) in [5, 5.41) is 17.0. The van der Waals surface area contributed by atoms with Crippen molar-refractivity contribution in [2.75, 3.05) is 13.2 Å². The van der Waals surface area contributed by atoms with E-state index in [1.165, 1.54) is 0 Å². The number of hydroxylamine groups is 1. The number of alkyl halides is 9. The number of halogens is 9. The summed E-state index contributed by atoms with van der Waals surface area (Å²) in [5.41, 5.74) is 0. The summed E-state index contributed by atoms with van der Waals surface area (Å²) in [7, 11) is -4.95. The molecule has 140 valence electrons. The third-order valence-electron chi connectivity index (χ3n) is 2.12. The highest BCUT2D eigenvalue weighted by atomic mass is 32.2. The zero-order chi connectivity index (χ0) is 18.9. The predicted molar refractivity (Wildman–Crippen MR) is 52.1 cm³/mol. The van der Waals surface area contributed by atoms with Crippen molar-refractivity contribution < 1.29 is 63.0 Å². The maximum Gasteiger partial charge on any atom is 0.460 e. The van der Waals surface area contributed by atoms with Gasteiger partial charge in [0.05, 0.1) is 13.2 Å². The van der Waals surface area contributed by atoms with Crippen LogP contribution in [0.2, 0.25) is 0 Å². The average Bonchev–Trinajstić information content (AvgIpc) is 2.35. The van der Waals surface area contributed by atoms with Gasteiger partial charge in [-0.3, -0.25) is 4.84 Å². The van der Waals surface area contributed by atoms with Gasteiger partial charge in [0, 0.05) is 0 Å². The fraction of sp³-hybridized carbons (Fsp3) is 1.00. The Hall–Kier alpha value is -0.840. The number of hydrogen-bond donors (Lipinski definition) is 3. The molecule has 0 heterocycles. The van der Waals surface area contributed by atoms with Crippen LogP contribution < -0.4 is 0 Å². The first-order valence-electron chi connectivity index (χ1n) is 5.10. The lowest BCUT2D eigenvalue weighted by Gasteiger charge is -2.36. The first kappa shape index (κ1) is 22.2. The number of rotatable bonds is 8. The number of hydrogen-bond acceptors (Lipinski definition) is 5. The lowest BCUT2D eigenvalue weighted by atomic mass is 10.1. The Kier molecular flexibility index (Phi) is 6.70. The summed E-state index contributed by atoms with van der Waals surface area (Å²) in [6.45, 7) is -2.87. The number of thiol groups is 1. The zero-order valence-corrected chi connectivity index (χ0v) is 11.3. The van der Waals surface area contributed by atoms with Crippen LogP contribution in [0.25, 0.3) is 0 Å². The standard InChI is InChI=1S/C7H8F9NO5S/c8-4(9,6(12,13)14)5(10,11)7(15,16)17(23(20)21)22-2-3(19)1-18/h3,18-19,23H,1-2H2. The second kappa shape index (κ2) is 6.96. The van der Waals surface area contributed by atoms with Gasteiger partial charge >= 0.3 is 24.1 Å². The third kappa shape index (κ3) is 4.17. The average molecular weight is 389 g/mol. The molecule has 0 saturated carbocycles. The topological polar surface area (TPSA) is 87.1 Å². The van der Waals surface area contributed by atoms with Gasteiger partial charge in [-0.2, -0.15) is 39.5 Å². The monoisotopic (exact) mass is 389 g/mol. The molecule has 0 saturated heterocycles. The van der Waals surface area contributed by atoms with Crippen LogP contribution in [0.1, 0.15) is 0 Å². The van der Waals surface area contributed by atoms with E-state index < -0.39 is 58.7 Å². The molecule has 0 bridgehead atoms. The van der Waals surface area contributed by atoms with E-state index in [0.717, 1.165) is 0 Å². The van der Waals surface area contributed by atoms with Crippen molar-refractivity contribution in [2.45, 2.75) is 30.2 Å². The smallest absolute Gasteiger partial charge is 0.394 e. The maximum absolute atomic E-state index is 13.2. The van der Waals surface area contributed by atoms with Crippen LogP contribution in [0, 0.1) is 0 Å². The van der Waals surface area contributed by atoms with Crippen LogP contribution in [0.3, 0.4) is 0 Å². The molecule has 0 radical (unpaired) electrons. The Morgan fingerprint density at radius 1 is 0.957 bits per heavy atom. The molecule has 0 aliphatic carbocycles. The number of aliphatic hydroxyl groups excluding tert-OH is 2. The molecule has 0 amide bonds.